The molecule has 0 unspecified atom stereocenters. The van der Waals surface area contributed by atoms with Gasteiger partial charge in [-0.15, -0.1) is 0 Å². The van der Waals surface area contributed by atoms with E-state index >= 15 is 0 Å². The molecule has 2 aliphatic rings. The van der Waals surface area contributed by atoms with Gasteiger partial charge in [0.15, 0.2) is 0 Å². The van der Waals surface area contributed by atoms with Crippen LogP contribution in [0.25, 0.3) is 11.3 Å². The van der Waals surface area contributed by atoms with Crippen LogP contribution in [0, 0.1) is 5.82 Å². The Morgan fingerprint density at radius 1 is 0.974 bits per heavy atom. The number of fused-ring (bicyclic) bond motifs is 1. The largest absolute Gasteiger partial charge is 0.481 e. The van der Waals surface area contributed by atoms with Crippen LogP contribution in [0.2, 0.25) is 0 Å². The SMILES string of the molecule is CN1CCN(C(=O)c2ccc(NC(=C3C(=O)Nc4cc(F)ccc43)c3cccc(CC(=O)O)c3)cc2)CC1. The van der Waals surface area contributed by atoms with E-state index in [-0.39, 0.29) is 12.3 Å². The Kier molecular flexibility index (Phi) is 6.93. The fraction of sp³-hybridized carbons (Fsp3) is 0.207. The lowest BCUT2D eigenvalue weighted by molar-refractivity contribution is -0.136. The van der Waals surface area contributed by atoms with Gasteiger partial charge in [0.2, 0.25) is 0 Å². The first kappa shape index (κ1) is 25.2. The zero-order chi connectivity index (χ0) is 26.8. The van der Waals surface area contributed by atoms with Gasteiger partial charge < -0.3 is 25.5 Å². The summed E-state index contributed by atoms with van der Waals surface area (Å²) in [5.74, 6) is -1.87. The van der Waals surface area contributed by atoms with Gasteiger partial charge in [-0.3, -0.25) is 14.4 Å². The first-order valence-corrected chi connectivity index (χ1v) is 12.3. The molecule has 38 heavy (non-hydrogen) atoms. The summed E-state index contributed by atoms with van der Waals surface area (Å²) in [7, 11) is 2.03. The number of nitrogens with one attached hydrogen (secondary N) is 2. The third-order valence-corrected chi connectivity index (χ3v) is 6.74. The number of carboxylic acid groups (broad SMARTS) is 1. The summed E-state index contributed by atoms with van der Waals surface area (Å²) >= 11 is 0. The molecule has 0 bridgehead atoms. The van der Waals surface area contributed by atoms with Crippen molar-refractivity contribution in [3.63, 3.8) is 0 Å². The van der Waals surface area contributed by atoms with Crippen LogP contribution < -0.4 is 10.6 Å². The minimum atomic E-state index is -0.968. The summed E-state index contributed by atoms with van der Waals surface area (Å²) < 4.78 is 13.8. The minimum Gasteiger partial charge on any atom is -0.481 e. The van der Waals surface area contributed by atoms with Crippen LogP contribution in [-0.2, 0) is 16.0 Å². The maximum absolute atomic E-state index is 13.8. The van der Waals surface area contributed by atoms with Crippen LogP contribution >= 0.6 is 0 Å². The molecule has 2 amide bonds. The number of anilines is 2. The van der Waals surface area contributed by atoms with E-state index in [9.17, 15) is 23.9 Å². The number of carbonyl (C=O) groups is 3. The quantitative estimate of drug-likeness (QED) is 0.433. The Bertz CT molecular complexity index is 1440. The van der Waals surface area contributed by atoms with Crippen LogP contribution in [0.4, 0.5) is 15.8 Å². The summed E-state index contributed by atoms with van der Waals surface area (Å²) in [5.41, 5.74) is 4.02. The second-order valence-corrected chi connectivity index (χ2v) is 9.46. The molecule has 1 saturated heterocycles. The number of halogens is 1. The summed E-state index contributed by atoms with van der Waals surface area (Å²) in [6, 6.07) is 18.0. The predicted molar refractivity (Wildman–Crippen MR) is 143 cm³/mol. The Morgan fingerprint density at radius 2 is 1.71 bits per heavy atom. The molecule has 3 aromatic rings. The summed E-state index contributed by atoms with van der Waals surface area (Å²) in [5, 5.41) is 15.3. The van der Waals surface area contributed by atoms with Crippen molar-refractivity contribution in [2.45, 2.75) is 6.42 Å². The van der Waals surface area contributed by atoms with Crippen molar-refractivity contribution in [1.29, 1.82) is 0 Å². The lowest BCUT2D eigenvalue weighted by Crippen LogP contribution is -2.47. The van der Waals surface area contributed by atoms with Crippen LogP contribution in [0.1, 0.15) is 27.0 Å². The van der Waals surface area contributed by atoms with Gasteiger partial charge in [0.05, 0.1) is 23.4 Å². The molecule has 8 nitrogen and oxygen atoms in total. The van der Waals surface area contributed by atoms with Crippen molar-refractivity contribution in [3.05, 3.63) is 94.8 Å². The molecule has 5 rings (SSSR count). The number of hydrogen-bond donors (Lipinski definition) is 3. The number of likely N-dealkylation sites (N-methyl/N-ethyl adjacent to an activating group) is 1. The van der Waals surface area contributed by atoms with Gasteiger partial charge in [-0.25, -0.2) is 4.39 Å². The first-order valence-electron chi connectivity index (χ1n) is 12.3. The second kappa shape index (κ2) is 10.5. The Balaban J connectivity index is 1.50. The highest BCUT2D eigenvalue weighted by Gasteiger charge is 2.29. The van der Waals surface area contributed by atoms with Crippen molar-refractivity contribution in [3.8, 4) is 0 Å². The third kappa shape index (κ3) is 5.28. The molecule has 0 spiro atoms. The zero-order valence-corrected chi connectivity index (χ0v) is 20.8. The molecule has 0 aromatic heterocycles. The number of piperazine rings is 1. The number of amides is 2. The second-order valence-electron chi connectivity index (χ2n) is 9.46. The number of rotatable bonds is 6. The number of nitrogens with zero attached hydrogens (tertiary/aromatic N) is 2. The fourth-order valence-corrected chi connectivity index (χ4v) is 4.72. The molecule has 2 aliphatic heterocycles. The first-order chi connectivity index (χ1) is 18.3. The normalized spacial score (nSPS) is 16.6. The number of benzene rings is 3. The van der Waals surface area contributed by atoms with E-state index in [0.717, 1.165) is 13.1 Å². The Morgan fingerprint density at radius 3 is 2.42 bits per heavy atom. The lowest BCUT2D eigenvalue weighted by atomic mass is 9.98. The minimum absolute atomic E-state index is 0.0317. The molecule has 0 aliphatic carbocycles. The van der Waals surface area contributed by atoms with Gasteiger partial charge >= 0.3 is 5.97 Å². The molecule has 194 valence electrons. The molecular weight excluding hydrogens is 487 g/mol. The molecule has 2 heterocycles. The van der Waals surface area contributed by atoms with E-state index in [2.05, 4.69) is 15.5 Å². The number of carboxylic acids is 1. The van der Waals surface area contributed by atoms with Crippen LogP contribution in [-0.4, -0.2) is 65.9 Å². The zero-order valence-electron chi connectivity index (χ0n) is 20.8. The predicted octanol–water partition coefficient (Wildman–Crippen LogP) is 3.77. The van der Waals surface area contributed by atoms with Crippen LogP contribution in [0.15, 0.2) is 66.7 Å². The molecule has 3 N–H and O–H groups in total. The highest BCUT2D eigenvalue weighted by molar-refractivity contribution is 6.37. The Labute approximate surface area is 219 Å². The number of aliphatic carboxylic acids is 1. The summed E-state index contributed by atoms with van der Waals surface area (Å²) in [4.78, 5) is 41.3. The highest BCUT2D eigenvalue weighted by atomic mass is 19.1. The molecule has 0 atom stereocenters. The average molecular weight is 515 g/mol. The fourth-order valence-electron chi connectivity index (χ4n) is 4.72. The van der Waals surface area contributed by atoms with Crippen molar-refractivity contribution in [2.75, 3.05) is 43.9 Å². The van der Waals surface area contributed by atoms with E-state index in [1.54, 1.807) is 54.6 Å². The summed E-state index contributed by atoms with van der Waals surface area (Å²) in [6.07, 6.45) is -0.173. The van der Waals surface area contributed by atoms with Gasteiger partial charge in [-0.05, 0) is 66.7 Å². The van der Waals surface area contributed by atoms with E-state index in [1.165, 1.54) is 12.1 Å². The molecule has 1 fully saturated rings. The molecule has 3 aromatic carbocycles. The van der Waals surface area contributed by atoms with Gasteiger partial charge in [-0.2, -0.15) is 0 Å². The third-order valence-electron chi connectivity index (χ3n) is 6.74. The van der Waals surface area contributed by atoms with E-state index in [4.69, 9.17) is 0 Å². The summed E-state index contributed by atoms with van der Waals surface area (Å²) in [6.45, 7) is 3.01. The van der Waals surface area contributed by atoms with Gasteiger partial charge in [-0.1, -0.05) is 18.2 Å². The van der Waals surface area contributed by atoms with E-state index in [0.29, 0.717) is 58.0 Å². The van der Waals surface area contributed by atoms with Crippen molar-refractivity contribution in [1.82, 2.24) is 9.80 Å². The maximum Gasteiger partial charge on any atom is 0.307 e. The van der Waals surface area contributed by atoms with Gasteiger partial charge in [0.1, 0.15) is 5.82 Å². The Hall–Kier alpha value is -4.50. The number of hydrogen-bond acceptors (Lipinski definition) is 5. The van der Waals surface area contributed by atoms with Crippen molar-refractivity contribution >= 4 is 40.4 Å². The molecule has 9 heteroatoms. The smallest absolute Gasteiger partial charge is 0.307 e. The standard InChI is InChI=1S/C29H27FN4O4/c1-33-11-13-34(14-12-33)29(38)19-5-8-22(9-6-19)31-27(20-4-2-3-18(15-20)16-25(35)36)26-23-10-7-21(30)17-24(23)32-28(26)37/h2-10,15,17,31H,11-14,16H2,1H3,(H,32,37)(H,35,36). The monoisotopic (exact) mass is 514 g/mol. The molecule has 0 radical (unpaired) electrons. The number of carbonyl (C=O) groups excluding carboxylic acids is 2. The van der Waals surface area contributed by atoms with E-state index < -0.39 is 17.7 Å². The lowest BCUT2D eigenvalue weighted by Gasteiger charge is -2.32. The topological polar surface area (TPSA) is 102 Å². The van der Waals surface area contributed by atoms with Crippen molar-refractivity contribution < 1.29 is 23.9 Å². The van der Waals surface area contributed by atoms with Crippen molar-refractivity contribution in [2.24, 2.45) is 0 Å². The maximum atomic E-state index is 13.8. The van der Waals surface area contributed by atoms with Crippen LogP contribution in [0.3, 0.4) is 0 Å². The van der Waals surface area contributed by atoms with Crippen LogP contribution in [0.5, 0.6) is 0 Å². The van der Waals surface area contributed by atoms with Gasteiger partial charge in [0, 0.05) is 43.0 Å². The van der Waals surface area contributed by atoms with E-state index in [1.807, 2.05) is 11.9 Å². The molecular formula is C29H27FN4O4. The average Bonchev–Trinajstić information content (AvgIpc) is 3.22. The molecule has 0 saturated carbocycles. The highest BCUT2D eigenvalue weighted by Crippen LogP contribution is 2.38. The van der Waals surface area contributed by atoms with Gasteiger partial charge in [0.25, 0.3) is 11.8 Å².